The Bertz CT molecular complexity index is 1110. The lowest BCUT2D eigenvalue weighted by Gasteiger charge is -2.34. The van der Waals surface area contributed by atoms with Crippen molar-refractivity contribution in [2.75, 3.05) is 45.6 Å². The number of ether oxygens (including phenoxy) is 2. The first-order valence-corrected chi connectivity index (χ1v) is 12.9. The number of carbonyl (C=O) groups excluding carboxylic acids is 1. The molecule has 34 heavy (non-hydrogen) atoms. The third kappa shape index (κ3) is 6.21. The topological polar surface area (TPSA) is 88.2 Å². The number of methoxy groups -OCH3 is 1. The van der Waals surface area contributed by atoms with Gasteiger partial charge in [-0.25, -0.2) is 8.42 Å². The molecule has 10 heteroatoms. The van der Waals surface area contributed by atoms with E-state index in [-0.39, 0.29) is 40.1 Å². The van der Waals surface area contributed by atoms with Crippen LogP contribution in [0.15, 0.2) is 47.4 Å². The maximum absolute atomic E-state index is 13.4. The standard InChI is InChI=1S/C24H32ClN3O5S/c1-16-13-27(3)17(2)15-33-22-11-8-19(12-21(22)24(29)28(4)14-23(16)32-5)26-34(30,31)20-9-6-18(25)7-10-20/h6-12,16-17,23,26H,13-15H2,1-5H3/t16-,17-,23+/m1/s1. The van der Waals surface area contributed by atoms with Crippen molar-refractivity contribution in [2.45, 2.75) is 30.9 Å². The van der Waals surface area contributed by atoms with E-state index in [1.165, 1.54) is 30.3 Å². The molecule has 0 saturated heterocycles. The Morgan fingerprint density at radius 1 is 1.09 bits per heavy atom. The zero-order chi connectivity index (χ0) is 25.0. The number of anilines is 1. The summed E-state index contributed by atoms with van der Waals surface area (Å²) in [7, 11) is 1.52. The van der Waals surface area contributed by atoms with Gasteiger partial charge in [-0.15, -0.1) is 0 Å². The van der Waals surface area contributed by atoms with Gasteiger partial charge in [-0.1, -0.05) is 18.5 Å². The number of fused-ring (bicyclic) bond motifs is 1. The van der Waals surface area contributed by atoms with Crippen molar-refractivity contribution in [1.82, 2.24) is 9.80 Å². The van der Waals surface area contributed by atoms with Gasteiger partial charge in [0.15, 0.2) is 0 Å². The van der Waals surface area contributed by atoms with Crippen LogP contribution in [0.2, 0.25) is 5.02 Å². The van der Waals surface area contributed by atoms with Crippen LogP contribution in [0.3, 0.4) is 0 Å². The lowest BCUT2D eigenvalue weighted by Crippen LogP contribution is -2.45. The number of rotatable bonds is 4. The van der Waals surface area contributed by atoms with Crippen molar-refractivity contribution in [2.24, 2.45) is 5.92 Å². The van der Waals surface area contributed by atoms with Crippen LogP contribution in [-0.4, -0.2) is 77.2 Å². The summed E-state index contributed by atoms with van der Waals surface area (Å²) < 4.78 is 39.9. The van der Waals surface area contributed by atoms with Crippen molar-refractivity contribution in [1.29, 1.82) is 0 Å². The molecule has 1 heterocycles. The second kappa shape index (κ2) is 10.9. The highest BCUT2D eigenvalue weighted by atomic mass is 35.5. The van der Waals surface area contributed by atoms with E-state index in [1.54, 1.807) is 31.2 Å². The minimum atomic E-state index is -3.86. The molecule has 2 aromatic carbocycles. The Labute approximate surface area is 206 Å². The predicted molar refractivity (Wildman–Crippen MR) is 133 cm³/mol. The molecule has 0 bridgehead atoms. The molecule has 0 spiro atoms. The second-order valence-corrected chi connectivity index (χ2v) is 10.9. The van der Waals surface area contributed by atoms with Gasteiger partial charge < -0.3 is 14.4 Å². The van der Waals surface area contributed by atoms with Gasteiger partial charge in [-0.2, -0.15) is 0 Å². The van der Waals surface area contributed by atoms with Crippen molar-refractivity contribution < 1.29 is 22.7 Å². The van der Waals surface area contributed by atoms with Crippen LogP contribution in [0.25, 0.3) is 0 Å². The molecule has 0 fully saturated rings. The molecule has 1 aliphatic heterocycles. The maximum Gasteiger partial charge on any atom is 0.261 e. The number of sulfonamides is 1. The van der Waals surface area contributed by atoms with E-state index < -0.39 is 10.0 Å². The molecule has 1 aliphatic rings. The third-order valence-corrected chi connectivity index (χ3v) is 7.78. The van der Waals surface area contributed by atoms with Gasteiger partial charge in [0.25, 0.3) is 15.9 Å². The summed E-state index contributed by atoms with van der Waals surface area (Å²) >= 11 is 5.87. The van der Waals surface area contributed by atoms with E-state index in [2.05, 4.69) is 23.5 Å². The van der Waals surface area contributed by atoms with E-state index >= 15 is 0 Å². The summed E-state index contributed by atoms with van der Waals surface area (Å²) in [5.41, 5.74) is 0.532. The normalized spacial score (nSPS) is 22.8. The predicted octanol–water partition coefficient (Wildman–Crippen LogP) is 3.58. The smallest absolute Gasteiger partial charge is 0.261 e. The molecular formula is C24H32ClN3O5S. The van der Waals surface area contributed by atoms with Crippen LogP contribution in [0.5, 0.6) is 5.75 Å². The first kappa shape index (κ1) is 26.3. The number of hydrogen-bond acceptors (Lipinski definition) is 6. The van der Waals surface area contributed by atoms with E-state index in [9.17, 15) is 13.2 Å². The molecule has 1 amide bonds. The average molecular weight is 510 g/mol. The number of benzene rings is 2. The highest BCUT2D eigenvalue weighted by molar-refractivity contribution is 7.92. The summed E-state index contributed by atoms with van der Waals surface area (Å²) in [4.78, 5) is 17.2. The molecule has 8 nitrogen and oxygen atoms in total. The number of carbonyl (C=O) groups is 1. The quantitative estimate of drug-likeness (QED) is 0.677. The number of amides is 1. The largest absolute Gasteiger partial charge is 0.491 e. The number of nitrogens with one attached hydrogen (secondary N) is 1. The molecule has 186 valence electrons. The Hall–Kier alpha value is -2.33. The van der Waals surface area contributed by atoms with Crippen molar-refractivity contribution in [3.05, 3.63) is 53.1 Å². The highest BCUT2D eigenvalue weighted by Gasteiger charge is 2.27. The molecule has 0 aromatic heterocycles. The average Bonchev–Trinajstić information content (AvgIpc) is 2.80. The van der Waals surface area contributed by atoms with Gasteiger partial charge in [0.1, 0.15) is 12.4 Å². The summed E-state index contributed by atoms with van der Waals surface area (Å²) in [5, 5.41) is 0.438. The molecule has 3 rings (SSSR count). The van der Waals surface area contributed by atoms with E-state index in [0.717, 1.165) is 6.54 Å². The zero-order valence-electron chi connectivity index (χ0n) is 20.1. The second-order valence-electron chi connectivity index (χ2n) is 8.81. The fourth-order valence-corrected chi connectivity index (χ4v) is 5.02. The molecule has 1 N–H and O–H groups in total. The van der Waals surface area contributed by atoms with Crippen LogP contribution < -0.4 is 9.46 Å². The van der Waals surface area contributed by atoms with Gasteiger partial charge in [0.05, 0.1) is 16.6 Å². The van der Waals surface area contributed by atoms with Gasteiger partial charge in [0.2, 0.25) is 0 Å². The number of halogens is 1. The minimum absolute atomic E-state index is 0.0677. The van der Waals surface area contributed by atoms with Crippen LogP contribution in [0, 0.1) is 5.92 Å². The summed E-state index contributed by atoms with van der Waals surface area (Å²) in [6.45, 7) is 5.71. The number of nitrogens with zero attached hydrogens (tertiary/aromatic N) is 2. The fourth-order valence-electron chi connectivity index (χ4n) is 3.85. The Kier molecular flexibility index (Phi) is 8.46. The summed E-state index contributed by atoms with van der Waals surface area (Å²) in [6, 6.07) is 10.7. The third-order valence-electron chi connectivity index (χ3n) is 6.13. The first-order chi connectivity index (χ1) is 16.0. The molecule has 0 radical (unpaired) electrons. The molecule has 0 aliphatic carbocycles. The zero-order valence-corrected chi connectivity index (χ0v) is 21.7. The van der Waals surface area contributed by atoms with Gasteiger partial charge in [-0.3, -0.25) is 14.4 Å². The van der Waals surface area contributed by atoms with E-state index in [1.807, 2.05) is 7.05 Å². The highest BCUT2D eigenvalue weighted by Crippen LogP contribution is 2.27. The maximum atomic E-state index is 13.4. The molecule has 0 saturated carbocycles. The number of likely N-dealkylation sites (N-methyl/N-ethyl adjacent to an activating group) is 2. The van der Waals surface area contributed by atoms with E-state index in [4.69, 9.17) is 21.1 Å². The van der Waals surface area contributed by atoms with Crippen LogP contribution in [0.4, 0.5) is 5.69 Å². The van der Waals surface area contributed by atoms with Crippen molar-refractivity contribution in [3.63, 3.8) is 0 Å². The lowest BCUT2D eigenvalue weighted by molar-refractivity contribution is 0.0150. The monoisotopic (exact) mass is 509 g/mol. The van der Waals surface area contributed by atoms with Gasteiger partial charge in [0, 0.05) is 44.0 Å². The molecule has 3 atom stereocenters. The Morgan fingerprint density at radius 3 is 2.41 bits per heavy atom. The summed E-state index contributed by atoms with van der Waals surface area (Å²) in [5.74, 6) is 0.302. The number of hydrogen-bond donors (Lipinski definition) is 1. The lowest BCUT2D eigenvalue weighted by atomic mass is 10.0. The van der Waals surface area contributed by atoms with Crippen molar-refractivity contribution >= 4 is 33.2 Å². The molecule has 2 aromatic rings. The SMILES string of the molecule is CO[C@H]1CN(C)C(=O)c2cc(NS(=O)(=O)c3ccc(Cl)cc3)ccc2OC[C@@H](C)N(C)C[C@H]1C. The van der Waals surface area contributed by atoms with Gasteiger partial charge >= 0.3 is 0 Å². The van der Waals surface area contributed by atoms with Gasteiger partial charge in [-0.05, 0) is 62.4 Å². The van der Waals surface area contributed by atoms with Crippen LogP contribution in [0.1, 0.15) is 24.2 Å². The minimum Gasteiger partial charge on any atom is -0.491 e. The van der Waals surface area contributed by atoms with E-state index in [0.29, 0.717) is 23.9 Å². The summed E-state index contributed by atoms with van der Waals surface area (Å²) in [6.07, 6.45) is -0.154. The molecular weight excluding hydrogens is 478 g/mol. The van der Waals surface area contributed by atoms with Crippen LogP contribution in [-0.2, 0) is 14.8 Å². The first-order valence-electron chi connectivity index (χ1n) is 11.1. The molecule has 0 unspecified atom stereocenters. The Morgan fingerprint density at radius 2 is 1.76 bits per heavy atom. The fraction of sp³-hybridized carbons (Fsp3) is 0.458. The van der Waals surface area contributed by atoms with Crippen molar-refractivity contribution in [3.8, 4) is 5.75 Å². The Balaban J connectivity index is 1.95. The van der Waals surface area contributed by atoms with Crippen LogP contribution >= 0.6 is 11.6 Å².